The third-order valence-electron chi connectivity index (χ3n) is 3.18. The lowest BCUT2D eigenvalue weighted by Gasteiger charge is -2.08. The minimum Gasteiger partial charge on any atom is -0.334 e. The first-order valence-corrected chi connectivity index (χ1v) is 7.80. The van der Waals surface area contributed by atoms with Gasteiger partial charge in [0.05, 0.1) is 5.52 Å². The first kappa shape index (κ1) is 14.8. The lowest BCUT2D eigenvalue weighted by Crippen LogP contribution is -2.32. The maximum atomic E-state index is 11.8. The van der Waals surface area contributed by atoms with E-state index < -0.39 is 0 Å². The van der Waals surface area contributed by atoms with E-state index in [0.29, 0.717) is 15.9 Å². The number of benzene rings is 1. The van der Waals surface area contributed by atoms with Crippen LogP contribution in [0.25, 0.3) is 10.9 Å². The van der Waals surface area contributed by atoms with Gasteiger partial charge in [0.2, 0.25) is 5.16 Å². The van der Waals surface area contributed by atoms with Crippen molar-refractivity contribution in [2.45, 2.75) is 17.8 Å². The molecule has 0 aliphatic carbocycles. The highest BCUT2D eigenvalue weighted by Gasteiger charge is 2.10. The highest BCUT2D eigenvalue weighted by molar-refractivity contribution is 7.98. The van der Waals surface area contributed by atoms with E-state index in [1.165, 1.54) is 11.8 Å². The van der Waals surface area contributed by atoms with Crippen molar-refractivity contribution in [2.75, 3.05) is 5.84 Å². The van der Waals surface area contributed by atoms with Crippen LogP contribution in [0.15, 0.2) is 40.4 Å². The zero-order valence-corrected chi connectivity index (χ0v) is 13.2. The number of halogens is 1. The molecule has 0 spiro atoms. The van der Waals surface area contributed by atoms with E-state index in [0.717, 1.165) is 21.1 Å². The second kappa shape index (κ2) is 5.94. The van der Waals surface area contributed by atoms with Crippen LogP contribution in [0.2, 0.25) is 5.02 Å². The minimum absolute atomic E-state index is 0.269. The Kier molecular flexibility index (Phi) is 4.00. The molecule has 0 aliphatic rings. The number of fused-ring (bicyclic) bond motifs is 1. The van der Waals surface area contributed by atoms with E-state index in [1.807, 2.05) is 24.3 Å². The van der Waals surface area contributed by atoms with Gasteiger partial charge in [0, 0.05) is 22.4 Å². The van der Waals surface area contributed by atoms with Gasteiger partial charge in [-0.15, -0.1) is 10.2 Å². The first-order valence-electron chi connectivity index (χ1n) is 6.44. The summed E-state index contributed by atoms with van der Waals surface area (Å²) in [5.41, 5.74) is 1.73. The van der Waals surface area contributed by atoms with Crippen molar-refractivity contribution < 1.29 is 0 Å². The van der Waals surface area contributed by atoms with Crippen LogP contribution < -0.4 is 11.4 Å². The molecule has 0 saturated heterocycles. The molecule has 0 amide bonds. The fourth-order valence-electron chi connectivity index (χ4n) is 2.02. The van der Waals surface area contributed by atoms with Gasteiger partial charge < -0.3 is 5.84 Å². The van der Waals surface area contributed by atoms with Crippen molar-refractivity contribution in [3.63, 3.8) is 0 Å². The molecule has 0 unspecified atom stereocenters. The summed E-state index contributed by atoms with van der Waals surface area (Å²) < 4.78 is 1.01. The predicted molar refractivity (Wildman–Crippen MR) is 87.5 cm³/mol. The molecule has 112 valence electrons. The van der Waals surface area contributed by atoms with Gasteiger partial charge in [-0.2, -0.15) is 4.68 Å². The van der Waals surface area contributed by atoms with Gasteiger partial charge in [0.25, 0.3) is 5.56 Å². The number of hydrogen-bond donors (Lipinski definition) is 1. The summed E-state index contributed by atoms with van der Waals surface area (Å²) in [6, 6.07) is 7.50. The molecule has 2 aromatic heterocycles. The second-order valence-electron chi connectivity index (χ2n) is 4.64. The lowest BCUT2D eigenvalue weighted by molar-refractivity contribution is 0.681. The SMILES string of the molecule is Cc1nnc(SCc2ccc(Cl)c3cccnc23)n(N)c1=O. The van der Waals surface area contributed by atoms with Crippen molar-refractivity contribution >= 4 is 34.3 Å². The number of nitrogen functional groups attached to an aromatic ring is 1. The van der Waals surface area contributed by atoms with E-state index in [4.69, 9.17) is 17.4 Å². The smallest absolute Gasteiger partial charge is 0.294 e. The Morgan fingerprint density at radius 3 is 2.95 bits per heavy atom. The number of thioether (sulfide) groups is 1. The molecule has 0 radical (unpaired) electrons. The monoisotopic (exact) mass is 333 g/mol. The van der Waals surface area contributed by atoms with Crippen molar-refractivity contribution in [1.29, 1.82) is 0 Å². The van der Waals surface area contributed by atoms with Crippen molar-refractivity contribution in [3.05, 3.63) is 57.1 Å². The quantitative estimate of drug-likeness (QED) is 0.584. The molecule has 22 heavy (non-hydrogen) atoms. The lowest BCUT2D eigenvalue weighted by atomic mass is 10.1. The number of aryl methyl sites for hydroxylation is 1. The summed E-state index contributed by atoms with van der Waals surface area (Å²) in [5.74, 6) is 6.28. The van der Waals surface area contributed by atoms with Gasteiger partial charge >= 0.3 is 0 Å². The van der Waals surface area contributed by atoms with Gasteiger partial charge in [-0.3, -0.25) is 9.78 Å². The Labute approximate surface area is 135 Å². The average molecular weight is 334 g/mol. The van der Waals surface area contributed by atoms with E-state index in [1.54, 1.807) is 13.1 Å². The van der Waals surface area contributed by atoms with Gasteiger partial charge in [0.1, 0.15) is 5.69 Å². The topological polar surface area (TPSA) is 86.7 Å². The summed E-state index contributed by atoms with van der Waals surface area (Å²) >= 11 is 7.50. The first-order chi connectivity index (χ1) is 10.6. The Balaban J connectivity index is 1.94. The fourth-order valence-corrected chi connectivity index (χ4v) is 3.08. The van der Waals surface area contributed by atoms with Crippen molar-refractivity contribution in [3.8, 4) is 0 Å². The molecular formula is C14H12ClN5OS. The zero-order valence-electron chi connectivity index (χ0n) is 11.7. The molecule has 0 saturated carbocycles. The molecule has 3 aromatic rings. The number of rotatable bonds is 3. The summed E-state index contributed by atoms with van der Waals surface area (Å²) in [7, 11) is 0. The van der Waals surface area contributed by atoms with Gasteiger partial charge in [-0.1, -0.05) is 29.4 Å². The van der Waals surface area contributed by atoms with Crippen LogP contribution in [-0.4, -0.2) is 19.9 Å². The largest absolute Gasteiger partial charge is 0.334 e. The summed E-state index contributed by atoms with van der Waals surface area (Å²) in [4.78, 5) is 16.1. The van der Waals surface area contributed by atoms with Gasteiger partial charge in [-0.25, -0.2) is 0 Å². The normalized spacial score (nSPS) is 11.0. The van der Waals surface area contributed by atoms with Crippen LogP contribution in [0.3, 0.4) is 0 Å². The minimum atomic E-state index is -0.350. The molecule has 0 aliphatic heterocycles. The molecule has 8 heteroatoms. The predicted octanol–water partition coefficient (Wildman–Crippen LogP) is 2.15. The number of nitrogens with zero attached hydrogens (tertiary/aromatic N) is 4. The van der Waals surface area contributed by atoms with E-state index in [9.17, 15) is 4.79 Å². The third-order valence-corrected chi connectivity index (χ3v) is 4.50. The molecule has 3 rings (SSSR count). The molecule has 2 N–H and O–H groups in total. The highest BCUT2D eigenvalue weighted by atomic mass is 35.5. The number of pyridine rings is 1. The Bertz CT molecular complexity index is 911. The summed E-state index contributed by atoms with van der Waals surface area (Å²) in [6.07, 6.45) is 1.72. The Morgan fingerprint density at radius 2 is 2.14 bits per heavy atom. The highest BCUT2D eigenvalue weighted by Crippen LogP contribution is 2.28. The van der Waals surface area contributed by atoms with E-state index in [2.05, 4.69) is 15.2 Å². The van der Waals surface area contributed by atoms with E-state index >= 15 is 0 Å². The van der Waals surface area contributed by atoms with Gasteiger partial charge in [-0.05, 0) is 30.7 Å². The van der Waals surface area contributed by atoms with Crippen LogP contribution in [0.4, 0.5) is 0 Å². The van der Waals surface area contributed by atoms with Gasteiger partial charge in [0.15, 0.2) is 0 Å². The van der Waals surface area contributed by atoms with Crippen LogP contribution >= 0.6 is 23.4 Å². The third kappa shape index (κ3) is 2.65. The van der Waals surface area contributed by atoms with Crippen LogP contribution in [0.1, 0.15) is 11.3 Å². The zero-order chi connectivity index (χ0) is 15.7. The second-order valence-corrected chi connectivity index (χ2v) is 5.99. The standard InChI is InChI=1S/C14H12ClN5OS/c1-8-13(21)20(16)14(19-18-8)22-7-9-4-5-11(15)10-3-2-6-17-12(9)10/h2-6H,7,16H2,1H3. The average Bonchev–Trinajstić information content (AvgIpc) is 2.54. The summed E-state index contributed by atoms with van der Waals surface area (Å²) in [6.45, 7) is 1.57. The molecule has 6 nitrogen and oxygen atoms in total. The summed E-state index contributed by atoms with van der Waals surface area (Å²) in [5, 5.41) is 9.67. The Morgan fingerprint density at radius 1 is 1.32 bits per heavy atom. The fraction of sp³-hybridized carbons (Fsp3) is 0.143. The molecule has 0 bridgehead atoms. The molecule has 0 fully saturated rings. The van der Waals surface area contributed by atoms with E-state index in [-0.39, 0.29) is 11.3 Å². The van der Waals surface area contributed by atoms with Crippen LogP contribution in [-0.2, 0) is 5.75 Å². The molecular weight excluding hydrogens is 322 g/mol. The molecule has 1 aromatic carbocycles. The molecule has 0 atom stereocenters. The van der Waals surface area contributed by atoms with Crippen LogP contribution in [0, 0.1) is 6.92 Å². The van der Waals surface area contributed by atoms with Crippen LogP contribution in [0.5, 0.6) is 0 Å². The number of nitrogens with two attached hydrogens (primary N) is 1. The van der Waals surface area contributed by atoms with Crippen molar-refractivity contribution in [2.24, 2.45) is 0 Å². The number of hydrogen-bond acceptors (Lipinski definition) is 6. The van der Waals surface area contributed by atoms with Crippen molar-refractivity contribution in [1.82, 2.24) is 19.9 Å². The molecule has 2 heterocycles. The Hall–Kier alpha value is -2.12. The maximum absolute atomic E-state index is 11.8. The maximum Gasteiger partial charge on any atom is 0.294 e. The number of aromatic nitrogens is 4.